The Morgan fingerprint density at radius 2 is 1.65 bits per heavy atom. The van der Waals surface area contributed by atoms with Gasteiger partial charge in [0.2, 0.25) is 5.91 Å². The van der Waals surface area contributed by atoms with Crippen molar-refractivity contribution in [2.24, 2.45) is 0 Å². The molecule has 0 atom stereocenters. The van der Waals surface area contributed by atoms with Crippen LogP contribution in [0.4, 0.5) is 10.1 Å². The molecular weight excluding hydrogens is 335 g/mol. The fraction of sp³-hybridized carbons (Fsp3) is 0.350. The minimum Gasteiger partial charge on any atom is -0.493 e. The maximum absolute atomic E-state index is 13.9. The second-order valence-corrected chi connectivity index (χ2v) is 6.07. The highest BCUT2D eigenvalue weighted by Gasteiger charge is 2.22. The van der Waals surface area contributed by atoms with Gasteiger partial charge in [0.05, 0.1) is 25.8 Å². The van der Waals surface area contributed by atoms with Crippen LogP contribution in [0.2, 0.25) is 0 Å². The minimum atomic E-state index is -0.225. The first-order valence-electron chi connectivity index (χ1n) is 8.72. The molecule has 0 N–H and O–H groups in total. The number of carbonyl (C=O) groups is 1. The minimum absolute atomic E-state index is 0.0491. The maximum atomic E-state index is 13.9. The van der Waals surface area contributed by atoms with E-state index in [-0.39, 0.29) is 11.7 Å². The quantitative estimate of drug-likeness (QED) is 0.796. The lowest BCUT2D eigenvalue weighted by Gasteiger charge is -2.36. The molecule has 3 rings (SSSR count). The first kappa shape index (κ1) is 18.0. The zero-order chi connectivity index (χ0) is 18.4. The van der Waals surface area contributed by atoms with Gasteiger partial charge < -0.3 is 19.3 Å². The summed E-state index contributed by atoms with van der Waals surface area (Å²) < 4.78 is 24.8. The van der Waals surface area contributed by atoms with E-state index in [1.807, 2.05) is 40.1 Å². The molecule has 1 saturated heterocycles. The lowest BCUT2D eigenvalue weighted by molar-refractivity contribution is -0.132. The molecule has 2 aromatic carbocycles. The van der Waals surface area contributed by atoms with Gasteiger partial charge in [-0.05, 0) is 24.3 Å². The summed E-state index contributed by atoms with van der Waals surface area (Å²) in [5.74, 6) is 1.11. The van der Waals surface area contributed by atoms with Gasteiger partial charge >= 0.3 is 0 Å². The molecule has 1 heterocycles. The maximum Gasteiger partial charge on any atom is 0.226 e. The molecule has 0 radical (unpaired) electrons. The number of nitrogens with zero attached hydrogens (tertiary/aromatic N) is 2. The molecule has 6 heteroatoms. The summed E-state index contributed by atoms with van der Waals surface area (Å²) in [7, 11) is 1.59. The number of anilines is 1. The number of halogens is 1. The van der Waals surface area contributed by atoms with Crippen molar-refractivity contribution in [3.8, 4) is 11.5 Å². The van der Waals surface area contributed by atoms with Crippen LogP contribution in [0.25, 0.3) is 0 Å². The molecule has 2 aromatic rings. The molecule has 0 bridgehead atoms. The predicted octanol–water partition coefficient (Wildman–Crippen LogP) is 2.95. The van der Waals surface area contributed by atoms with E-state index < -0.39 is 0 Å². The molecule has 0 aliphatic carbocycles. The van der Waals surface area contributed by atoms with Crippen LogP contribution >= 0.6 is 0 Å². The average molecular weight is 358 g/mol. The molecule has 0 saturated carbocycles. The summed E-state index contributed by atoms with van der Waals surface area (Å²) in [5, 5.41) is 0. The van der Waals surface area contributed by atoms with Crippen molar-refractivity contribution in [2.45, 2.75) is 6.42 Å². The van der Waals surface area contributed by atoms with Crippen molar-refractivity contribution in [1.29, 1.82) is 0 Å². The third-order valence-electron chi connectivity index (χ3n) is 4.47. The number of benzene rings is 2. The smallest absolute Gasteiger partial charge is 0.226 e. The Labute approximate surface area is 152 Å². The van der Waals surface area contributed by atoms with Gasteiger partial charge in [0, 0.05) is 26.2 Å². The van der Waals surface area contributed by atoms with E-state index in [4.69, 9.17) is 9.47 Å². The molecule has 1 aliphatic rings. The highest BCUT2D eigenvalue weighted by atomic mass is 19.1. The van der Waals surface area contributed by atoms with Gasteiger partial charge in [-0.1, -0.05) is 24.3 Å². The van der Waals surface area contributed by atoms with Gasteiger partial charge in [-0.25, -0.2) is 4.39 Å². The van der Waals surface area contributed by atoms with Crippen LogP contribution in [0.15, 0.2) is 48.5 Å². The summed E-state index contributed by atoms with van der Waals surface area (Å²) in [6.45, 7) is 2.72. The molecule has 0 spiro atoms. The van der Waals surface area contributed by atoms with E-state index in [2.05, 4.69) is 0 Å². The summed E-state index contributed by atoms with van der Waals surface area (Å²) in [5.41, 5.74) is 0.596. The van der Waals surface area contributed by atoms with Crippen LogP contribution in [0.5, 0.6) is 11.5 Å². The summed E-state index contributed by atoms with van der Waals surface area (Å²) in [4.78, 5) is 16.2. The number of piperazine rings is 1. The molecule has 138 valence electrons. The van der Waals surface area contributed by atoms with Gasteiger partial charge in [0.1, 0.15) is 5.82 Å². The number of carbonyl (C=O) groups excluding carboxylic acids is 1. The van der Waals surface area contributed by atoms with Crippen LogP contribution in [-0.2, 0) is 4.79 Å². The van der Waals surface area contributed by atoms with Crippen molar-refractivity contribution in [2.75, 3.05) is 44.8 Å². The Hall–Kier alpha value is -2.76. The predicted molar refractivity (Wildman–Crippen MR) is 98.3 cm³/mol. The number of methoxy groups -OCH3 is 1. The van der Waals surface area contributed by atoms with E-state index >= 15 is 0 Å². The summed E-state index contributed by atoms with van der Waals surface area (Å²) in [6.07, 6.45) is 0.303. The number of hydrogen-bond donors (Lipinski definition) is 0. The standard InChI is InChI=1S/C20H23FN2O3/c1-25-18-8-4-5-9-19(18)26-15-10-20(24)23-13-11-22(12-14-23)17-7-3-2-6-16(17)21/h2-9H,10-15H2,1H3. The van der Waals surface area contributed by atoms with Crippen LogP contribution < -0.4 is 14.4 Å². The number of hydrogen-bond acceptors (Lipinski definition) is 4. The number of ether oxygens (including phenoxy) is 2. The van der Waals surface area contributed by atoms with Crippen LogP contribution in [-0.4, -0.2) is 50.7 Å². The third kappa shape index (κ3) is 4.25. The van der Waals surface area contributed by atoms with Crippen LogP contribution in [0, 0.1) is 5.82 Å². The van der Waals surface area contributed by atoms with Gasteiger partial charge in [0.25, 0.3) is 0 Å². The monoisotopic (exact) mass is 358 g/mol. The van der Waals surface area contributed by atoms with Gasteiger partial charge in [-0.3, -0.25) is 4.79 Å². The van der Waals surface area contributed by atoms with Crippen molar-refractivity contribution < 1.29 is 18.7 Å². The van der Waals surface area contributed by atoms with Crippen molar-refractivity contribution in [3.05, 3.63) is 54.3 Å². The molecule has 1 amide bonds. The van der Waals surface area contributed by atoms with Gasteiger partial charge in [0.15, 0.2) is 11.5 Å². The zero-order valence-electron chi connectivity index (χ0n) is 14.9. The Bertz CT molecular complexity index is 745. The van der Waals surface area contributed by atoms with Crippen molar-refractivity contribution in [1.82, 2.24) is 4.90 Å². The Morgan fingerprint density at radius 3 is 2.35 bits per heavy atom. The van der Waals surface area contributed by atoms with E-state index in [0.29, 0.717) is 56.4 Å². The Balaban J connectivity index is 1.46. The molecule has 26 heavy (non-hydrogen) atoms. The topological polar surface area (TPSA) is 42.0 Å². The number of para-hydroxylation sites is 3. The fourth-order valence-corrected chi connectivity index (χ4v) is 3.05. The third-order valence-corrected chi connectivity index (χ3v) is 4.47. The molecule has 1 fully saturated rings. The fourth-order valence-electron chi connectivity index (χ4n) is 3.05. The van der Waals surface area contributed by atoms with Crippen LogP contribution in [0.3, 0.4) is 0 Å². The second-order valence-electron chi connectivity index (χ2n) is 6.07. The second kappa shape index (κ2) is 8.56. The van der Waals surface area contributed by atoms with Gasteiger partial charge in [-0.2, -0.15) is 0 Å². The molecule has 1 aliphatic heterocycles. The molecule has 0 aromatic heterocycles. The van der Waals surface area contributed by atoms with Crippen molar-refractivity contribution in [3.63, 3.8) is 0 Å². The van der Waals surface area contributed by atoms with Crippen molar-refractivity contribution >= 4 is 11.6 Å². The highest BCUT2D eigenvalue weighted by molar-refractivity contribution is 5.76. The molecular formula is C20H23FN2O3. The summed E-state index contributed by atoms with van der Waals surface area (Å²) in [6, 6.07) is 14.1. The van der Waals surface area contributed by atoms with E-state index in [0.717, 1.165) is 0 Å². The average Bonchev–Trinajstić information content (AvgIpc) is 2.69. The molecule has 0 unspecified atom stereocenters. The highest BCUT2D eigenvalue weighted by Crippen LogP contribution is 2.26. The number of amides is 1. The lowest BCUT2D eigenvalue weighted by atomic mass is 10.2. The zero-order valence-corrected chi connectivity index (χ0v) is 14.9. The van der Waals surface area contributed by atoms with E-state index in [1.54, 1.807) is 19.2 Å². The Kier molecular flexibility index (Phi) is 5.94. The van der Waals surface area contributed by atoms with Gasteiger partial charge in [-0.15, -0.1) is 0 Å². The lowest BCUT2D eigenvalue weighted by Crippen LogP contribution is -2.49. The molecule has 5 nitrogen and oxygen atoms in total. The Morgan fingerprint density at radius 1 is 1.00 bits per heavy atom. The first-order valence-corrected chi connectivity index (χ1v) is 8.72. The number of rotatable bonds is 6. The SMILES string of the molecule is COc1ccccc1OCCC(=O)N1CCN(c2ccccc2F)CC1. The van der Waals surface area contributed by atoms with E-state index in [9.17, 15) is 9.18 Å². The largest absolute Gasteiger partial charge is 0.493 e. The summed E-state index contributed by atoms with van der Waals surface area (Å²) >= 11 is 0. The first-order chi connectivity index (χ1) is 12.7. The van der Waals surface area contributed by atoms with E-state index in [1.165, 1.54) is 6.07 Å². The van der Waals surface area contributed by atoms with Crippen LogP contribution in [0.1, 0.15) is 6.42 Å². The normalized spacial score (nSPS) is 14.2.